The van der Waals surface area contributed by atoms with E-state index in [1.54, 1.807) is 30.8 Å². The van der Waals surface area contributed by atoms with Gasteiger partial charge < -0.3 is 5.73 Å². The molecule has 2 aromatic heterocycles. The molecule has 2 N–H and O–H groups in total. The van der Waals surface area contributed by atoms with E-state index in [4.69, 9.17) is 5.73 Å². The van der Waals surface area contributed by atoms with Gasteiger partial charge in [0.2, 0.25) is 5.91 Å². The van der Waals surface area contributed by atoms with Crippen molar-refractivity contribution in [2.75, 3.05) is 7.05 Å². The fourth-order valence-electron chi connectivity index (χ4n) is 3.33. The van der Waals surface area contributed by atoms with Crippen LogP contribution in [-0.2, 0) is 10.3 Å². The van der Waals surface area contributed by atoms with Crippen molar-refractivity contribution in [1.82, 2.24) is 9.88 Å². The van der Waals surface area contributed by atoms with Gasteiger partial charge in [-0.1, -0.05) is 0 Å². The molecule has 1 aromatic carbocycles. The first kappa shape index (κ1) is 17.2. The van der Waals surface area contributed by atoms with Crippen molar-refractivity contribution >= 4 is 33.3 Å². The number of aromatic nitrogens is 1. The van der Waals surface area contributed by atoms with Crippen LogP contribution in [0.3, 0.4) is 0 Å². The molecule has 4 rings (SSSR count). The fraction of sp³-hybridized carbons (Fsp3) is 0.200. The predicted octanol–water partition coefficient (Wildman–Crippen LogP) is 3.23. The summed E-state index contributed by atoms with van der Waals surface area (Å²) in [6.07, 6.45) is 3.54. The molecule has 0 radical (unpaired) electrons. The summed E-state index contributed by atoms with van der Waals surface area (Å²) >= 11 is 1.63. The molecule has 7 heteroatoms. The van der Waals surface area contributed by atoms with E-state index in [9.17, 15) is 10.1 Å². The number of nitrogens with zero attached hydrogens (tertiary/aromatic N) is 4. The lowest BCUT2D eigenvalue weighted by atomic mass is 9.85. The normalized spacial score (nSPS) is 19.8. The van der Waals surface area contributed by atoms with E-state index in [-0.39, 0.29) is 18.3 Å². The number of amides is 1. The summed E-state index contributed by atoms with van der Waals surface area (Å²) < 4.78 is 1.11. The number of fused-ring (bicyclic) bond motifs is 1. The molecule has 0 bridgehead atoms. The fourth-order valence-corrected chi connectivity index (χ4v) is 4.25. The molecule has 0 saturated carbocycles. The Morgan fingerprint density at radius 2 is 2.15 bits per heavy atom. The molecule has 6 nitrogen and oxygen atoms in total. The highest BCUT2D eigenvalue weighted by molar-refractivity contribution is 7.17. The molecule has 27 heavy (non-hydrogen) atoms. The van der Waals surface area contributed by atoms with Crippen LogP contribution < -0.4 is 5.73 Å². The first-order valence-electron chi connectivity index (χ1n) is 8.40. The Labute approximate surface area is 160 Å². The summed E-state index contributed by atoms with van der Waals surface area (Å²) in [5, 5.41) is 12.3. The van der Waals surface area contributed by atoms with Gasteiger partial charge in [0.05, 0.1) is 17.5 Å². The third kappa shape index (κ3) is 2.84. The summed E-state index contributed by atoms with van der Waals surface area (Å²) in [5.41, 5.74) is 8.49. The van der Waals surface area contributed by atoms with Gasteiger partial charge in [0.15, 0.2) is 5.96 Å². The van der Waals surface area contributed by atoms with Gasteiger partial charge in [0, 0.05) is 35.3 Å². The minimum atomic E-state index is -0.737. The molecule has 134 valence electrons. The maximum atomic E-state index is 12.4. The number of pyridine rings is 1. The van der Waals surface area contributed by atoms with E-state index >= 15 is 0 Å². The molecule has 3 aromatic rings. The van der Waals surface area contributed by atoms with Crippen LogP contribution in [0.2, 0.25) is 0 Å². The van der Waals surface area contributed by atoms with Crippen molar-refractivity contribution in [3.63, 3.8) is 0 Å². The first-order valence-corrected chi connectivity index (χ1v) is 9.28. The Morgan fingerprint density at radius 1 is 1.33 bits per heavy atom. The third-order valence-corrected chi connectivity index (χ3v) is 5.89. The van der Waals surface area contributed by atoms with Gasteiger partial charge in [-0.25, -0.2) is 4.99 Å². The zero-order valence-corrected chi connectivity index (χ0v) is 15.7. The number of rotatable bonds is 2. The van der Waals surface area contributed by atoms with E-state index in [1.165, 1.54) is 4.90 Å². The Kier molecular flexibility index (Phi) is 3.93. The van der Waals surface area contributed by atoms with Crippen LogP contribution in [0.25, 0.3) is 21.2 Å². The van der Waals surface area contributed by atoms with E-state index < -0.39 is 5.54 Å². The Balaban J connectivity index is 1.94. The highest BCUT2D eigenvalue weighted by Gasteiger charge is 2.36. The number of hydrogen-bond acceptors (Lipinski definition) is 6. The number of carbonyl (C=O) groups is 1. The topological polar surface area (TPSA) is 95.4 Å². The van der Waals surface area contributed by atoms with Gasteiger partial charge >= 0.3 is 0 Å². The molecule has 1 amide bonds. The second-order valence-electron chi connectivity index (χ2n) is 6.81. The second kappa shape index (κ2) is 6.18. The van der Waals surface area contributed by atoms with Gasteiger partial charge in [0.1, 0.15) is 6.07 Å². The van der Waals surface area contributed by atoms with Crippen LogP contribution in [-0.4, -0.2) is 28.8 Å². The number of hydrogen-bond donors (Lipinski definition) is 1. The average molecular weight is 375 g/mol. The molecule has 1 aliphatic rings. The van der Waals surface area contributed by atoms with Gasteiger partial charge in [-0.05, 0) is 47.5 Å². The molecule has 0 unspecified atom stereocenters. The second-order valence-corrected chi connectivity index (χ2v) is 7.73. The lowest BCUT2D eigenvalue weighted by molar-refractivity contribution is -0.128. The Morgan fingerprint density at radius 3 is 2.89 bits per heavy atom. The molecule has 0 saturated heterocycles. The zero-order valence-electron chi connectivity index (χ0n) is 14.9. The third-order valence-electron chi connectivity index (χ3n) is 4.93. The van der Waals surface area contributed by atoms with E-state index in [0.29, 0.717) is 5.56 Å². The van der Waals surface area contributed by atoms with Gasteiger partial charge in [-0.2, -0.15) is 5.26 Å². The summed E-state index contributed by atoms with van der Waals surface area (Å²) in [5.74, 6) is 0.152. The molecule has 0 spiro atoms. The van der Waals surface area contributed by atoms with Crippen molar-refractivity contribution < 1.29 is 4.79 Å². The zero-order chi connectivity index (χ0) is 19.2. The van der Waals surface area contributed by atoms with Crippen LogP contribution in [0, 0.1) is 11.3 Å². The minimum Gasteiger partial charge on any atom is -0.369 e. The molecule has 1 atom stereocenters. The summed E-state index contributed by atoms with van der Waals surface area (Å²) in [7, 11) is 1.63. The van der Waals surface area contributed by atoms with Gasteiger partial charge in [0.25, 0.3) is 0 Å². The standard InChI is InChI=1S/C20H17N5OS/c1-20(8-17(26)25(2)19(22)24-20)15-6-13-3-4-27-18(13)16(7-15)14-5-12(9-21)10-23-11-14/h3-7,10-11H,8H2,1-2H3,(H2,22,24)/t20-/m0/s1. The van der Waals surface area contributed by atoms with E-state index in [0.717, 1.165) is 26.8 Å². The number of aliphatic imine (C=N–C) groups is 1. The highest BCUT2D eigenvalue weighted by atomic mass is 32.1. The molecule has 3 heterocycles. The van der Waals surface area contributed by atoms with Crippen LogP contribution in [0.5, 0.6) is 0 Å². The number of nitrogens with two attached hydrogens (primary N) is 1. The summed E-state index contributed by atoms with van der Waals surface area (Å²) in [6, 6.07) is 10.1. The Bertz CT molecular complexity index is 1140. The van der Waals surface area contributed by atoms with Crippen molar-refractivity contribution in [1.29, 1.82) is 5.26 Å². The van der Waals surface area contributed by atoms with Gasteiger partial charge in [-0.3, -0.25) is 14.7 Å². The molecule has 1 aliphatic heterocycles. The van der Waals surface area contributed by atoms with E-state index in [1.807, 2.05) is 30.5 Å². The quantitative estimate of drug-likeness (QED) is 0.744. The largest absolute Gasteiger partial charge is 0.369 e. The molecule has 0 aliphatic carbocycles. The maximum Gasteiger partial charge on any atom is 0.231 e. The maximum absolute atomic E-state index is 12.4. The number of nitriles is 1. The summed E-state index contributed by atoms with van der Waals surface area (Å²) in [4.78, 5) is 22.5. The molecular formula is C20H17N5OS. The van der Waals surface area contributed by atoms with Crippen molar-refractivity contribution in [2.24, 2.45) is 10.7 Å². The SMILES string of the molecule is CN1C(=O)C[C@@](C)(c2cc(-c3cncc(C#N)c3)c3sccc3c2)N=C1N. The van der Waals surface area contributed by atoms with Crippen LogP contribution >= 0.6 is 11.3 Å². The number of guanidine groups is 1. The monoisotopic (exact) mass is 375 g/mol. The van der Waals surface area contributed by atoms with Crippen molar-refractivity contribution in [2.45, 2.75) is 18.9 Å². The first-order chi connectivity index (χ1) is 12.9. The highest BCUT2D eigenvalue weighted by Crippen LogP contribution is 2.40. The van der Waals surface area contributed by atoms with E-state index in [2.05, 4.69) is 22.1 Å². The van der Waals surface area contributed by atoms with Crippen LogP contribution in [0.1, 0.15) is 24.5 Å². The minimum absolute atomic E-state index is 0.0647. The smallest absolute Gasteiger partial charge is 0.231 e. The van der Waals surface area contributed by atoms with Crippen molar-refractivity contribution in [3.05, 3.63) is 53.2 Å². The lowest BCUT2D eigenvalue weighted by Crippen LogP contribution is -2.47. The molecule has 0 fully saturated rings. The van der Waals surface area contributed by atoms with Gasteiger partial charge in [-0.15, -0.1) is 11.3 Å². The predicted molar refractivity (Wildman–Crippen MR) is 106 cm³/mol. The summed E-state index contributed by atoms with van der Waals surface area (Å²) in [6.45, 7) is 1.92. The number of benzene rings is 1. The number of carbonyl (C=O) groups excluding carboxylic acids is 1. The van der Waals surface area contributed by atoms with Crippen molar-refractivity contribution in [3.8, 4) is 17.2 Å². The van der Waals surface area contributed by atoms with Crippen LogP contribution in [0.4, 0.5) is 0 Å². The molecular weight excluding hydrogens is 358 g/mol. The Hall–Kier alpha value is -3.24. The van der Waals surface area contributed by atoms with Crippen LogP contribution in [0.15, 0.2) is 47.0 Å². The lowest BCUT2D eigenvalue weighted by Gasteiger charge is -2.34. The number of thiophene rings is 1. The average Bonchev–Trinajstić information content (AvgIpc) is 3.14.